The van der Waals surface area contributed by atoms with Gasteiger partial charge in [-0.1, -0.05) is 12.1 Å². The number of esters is 1. The zero-order chi connectivity index (χ0) is 22.4. The molecule has 32 heavy (non-hydrogen) atoms. The third kappa shape index (κ3) is 2.97. The fourth-order valence-corrected chi connectivity index (χ4v) is 4.51. The lowest BCUT2D eigenvalue weighted by atomic mass is 9.97. The van der Waals surface area contributed by atoms with Crippen molar-refractivity contribution in [1.82, 2.24) is 4.98 Å². The largest absolute Gasteiger partial charge is 0.497 e. The number of aromatic nitrogens is 1. The first-order chi connectivity index (χ1) is 15.5. The van der Waals surface area contributed by atoms with Gasteiger partial charge in [0.1, 0.15) is 11.3 Å². The van der Waals surface area contributed by atoms with Gasteiger partial charge in [0.2, 0.25) is 5.76 Å². The highest BCUT2D eigenvalue weighted by Crippen LogP contribution is 2.42. The van der Waals surface area contributed by atoms with Gasteiger partial charge in [-0.15, -0.1) is 11.3 Å². The summed E-state index contributed by atoms with van der Waals surface area (Å²) in [4.78, 5) is 44.5. The van der Waals surface area contributed by atoms with Crippen LogP contribution in [0.2, 0.25) is 0 Å². The molecule has 160 valence electrons. The molecule has 1 aliphatic heterocycles. The van der Waals surface area contributed by atoms with Gasteiger partial charge in [0, 0.05) is 17.6 Å². The van der Waals surface area contributed by atoms with Crippen molar-refractivity contribution >= 4 is 39.3 Å². The number of hydrogen-bond acceptors (Lipinski definition) is 8. The van der Waals surface area contributed by atoms with Crippen molar-refractivity contribution in [3.8, 4) is 5.75 Å². The first-order valence-corrected chi connectivity index (χ1v) is 10.5. The summed E-state index contributed by atoms with van der Waals surface area (Å²) in [5.74, 6) is -0.458. The van der Waals surface area contributed by atoms with Gasteiger partial charge < -0.3 is 13.9 Å². The molecule has 0 spiro atoms. The van der Waals surface area contributed by atoms with E-state index >= 15 is 0 Å². The lowest BCUT2D eigenvalue weighted by Crippen LogP contribution is -2.29. The van der Waals surface area contributed by atoms with Crippen molar-refractivity contribution in [2.24, 2.45) is 0 Å². The molecule has 1 unspecified atom stereocenters. The Morgan fingerprint density at radius 1 is 1.12 bits per heavy atom. The van der Waals surface area contributed by atoms with Crippen molar-refractivity contribution in [3.05, 3.63) is 86.7 Å². The topological polar surface area (TPSA) is 98.9 Å². The van der Waals surface area contributed by atoms with Crippen LogP contribution in [0.3, 0.4) is 0 Å². The van der Waals surface area contributed by atoms with Gasteiger partial charge >= 0.3 is 5.97 Å². The molecule has 3 heterocycles. The second-order valence-electron chi connectivity index (χ2n) is 7.04. The van der Waals surface area contributed by atoms with Gasteiger partial charge in [-0.2, -0.15) is 0 Å². The average molecular weight is 448 g/mol. The molecule has 1 atom stereocenters. The number of hydrogen-bond donors (Lipinski definition) is 0. The second kappa shape index (κ2) is 7.61. The first-order valence-electron chi connectivity index (χ1n) is 9.59. The van der Waals surface area contributed by atoms with Crippen LogP contribution in [-0.4, -0.2) is 31.1 Å². The first kappa shape index (κ1) is 20.0. The van der Waals surface area contributed by atoms with Crippen molar-refractivity contribution in [2.75, 3.05) is 19.1 Å². The standard InChI is InChI=1S/C23H16N2O6S/c1-29-14-7-8-15-16(11-14)31-20-17(19(15)26)18(25(21(20)27)23-24-9-10-32-23)12-3-5-13(6-4-12)22(28)30-2/h3-11,18H,1-2H3. The average Bonchev–Trinajstić information content (AvgIpc) is 3.45. The minimum Gasteiger partial charge on any atom is -0.497 e. The molecule has 5 rings (SSSR count). The van der Waals surface area contributed by atoms with Crippen LogP contribution in [0, 0.1) is 0 Å². The maximum atomic E-state index is 13.5. The molecule has 2 aromatic carbocycles. The Bertz CT molecular complexity index is 1410. The van der Waals surface area contributed by atoms with Gasteiger partial charge in [0.25, 0.3) is 5.91 Å². The smallest absolute Gasteiger partial charge is 0.337 e. The number of carbonyl (C=O) groups is 2. The summed E-state index contributed by atoms with van der Waals surface area (Å²) in [6.45, 7) is 0. The Morgan fingerprint density at radius 2 is 1.91 bits per heavy atom. The number of benzene rings is 2. The SMILES string of the molecule is COC(=O)c1ccc(C2c3c(oc4cc(OC)ccc4c3=O)C(=O)N2c2nccs2)cc1. The number of thiazole rings is 1. The summed E-state index contributed by atoms with van der Waals surface area (Å²) < 4.78 is 15.9. The third-order valence-corrected chi connectivity index (χ3v) is 6.12. The molecule has 9 heteroatoms. The predicted octanol–water partition coefficient (Wildman–Crippen LogP) is 3.79. The highest BCUT2D eigenvalue weighted by Gasteiger charge is 2.44. The van der Waals surface area contributed by atoms with E-state index in [2.05, 4.69) is 4.98 Å². The summed E-state index contributed by atoms with van der Waals surface area (Å²) in [5, 5.41) is 2.53. The number of anilines is 1. The molecule has 0 saturated carbocycles. The van der Waals surface area contributed by atoms with Crippen molar-refractivity contribution in [1.29, 1.82) is 0 Å². The van der Waals surface area contributed by atoms with Crippen LogP contribution in [0.4, 0.5) is 5.13 Å². The summed E-state index contributed by atoms with van der Waals surface area (Å²) in [6.07, 6.45) is 1.59. The lowest BCUT2D eigenvalue weighted by molar-refractivity contribution is 0.0600. The maximum Gasteiger partial charge on any atom is 0.337 e. The van der Waals surface area contributed by atoms with Gasteiger partial charge in [0.15, 0.2) is 10.6 Å². The van der Waals surface area contributed by atoms with E-state index < -0.39 is 17.9 Å². The fourth-order valence-electron chi connectivity index (χ4n) is 3.85. The van der Waals surface area contributed by atoms with Crippen molar-refractivity contribution in [3.63, 3.8) is 0 Å². The van der Waals surface area contributed by atoms with Crippen LogP contribution in [0.25, 0.3) is 11.0 Å². The number of amides is 1. The van der Waals surface area contributed by atoms with E-state index in [4.69, 9.17) is 13.9 Å². The number of carbonyl (C=O) groups excluding carboxylic acids is 2. The van der Waals surface area contributed by atoms with E-state index in [-0.39, 0.29) is 22.3 Å². The molecular formula is C23H16N2O6S. The number of nitrogens with zero attached hydrogens (tertiary/aromatic N) is 2. The van der Waals surface area contributed by atoms with Crippen molar-refractivity contribution < 1.29 is 23.5 Å². The van der Waals surface area contributed by atoms with Gasteiger partial charge in [0.05, 0.1) is 36.8 Å². The third-order valence-electron chi connectivity index (χ3n) is 5.35. The summed E-state index contributed by atoms with van der Waals surface area (Å²) in [7, 11) is 2.81. The highest BCUT2D eigenvalue weighted by atomic mass is 32.1. The lowest BCUT2D eigenvalue weighted by Gasteiger charge is -2.22. The molecule has 2 aromatic heterocycles. The van der Waals surface area contributed by atoms with Crippen LogP contribution >= 0.6 is 11.3 Å². The van der Waals surface area contributed by atoms with Crippen LogP contribution in [0.5, 0.6) is 5.75 Å². The number of ether oxygens (including phenoxy) is 2. The minimum atomic E-state index is -0.752. The number of fused-ring (bicyclic) bond motifs is 2. The Morgan fingerprint density at radius 3 is 2.56 bits per heavy atom. The normalized spacial score (nSPS) is 15.1. The molecule has 0 radical (unpaired) electrons. The number of methoxy groups -OCH3 is 2. The zero-order valence-corrected chi connectivity index (χ0v) is 17.8. The molecule has 8 nitrogen and oxygen atoms in total. The van der Waals surface area contributed by atoms with E-state index in [1.165, 1.54) is 30.5 Å². The Balaban J connectivity index is 1.74. The monoisotopic (exact) mass is 448 g/mol. The van der Waals surface area contributed by atoms with E-state index in [0.29, 0.717) is 27.4 Å². The predicted molar refractivity (Wildman–Crippen MR) is 118 cm³/mol. The van der Waals surface area contributed by atoms with Crippen LogP contribution in [0.15, 0.2) is 63.3 Å². The fraction of sp³-hybridized carbons (Fsp3) is 0.130. The van der Waals surface area contributed by atoms with Crippen molar-refractivity contribution in [2.45, 2.75) is 6.04 Å². The van der Waals surface area contributed by atoms with Gasteiger partial charge in [-0.05, 0) is 29.8 Å². The van der Waals surface area contributed by atoms with E-state index in [1.807, 2.05) is 0 Å². The summed E-state index contributed by atoms with van der Waals surface area (Å²) >= 11 is 1.28. The maximum absolute atomic E-state index is 13.5. The quantitative estimate of drug-likeness (QED) is 0.438. The van der Waals surface area contributed by atoms with Crippen LogP contribution < -0.4 is 15.1 Å². The molecule has 0 fully saturated rings. The van der Waals surface area contributed by atoms with E-state index in [0.717, 1.165) is 0 Å². The molecule has 0 saturated heterocycles. The van der Waals surface area contributed by atoms with Gasteiger partial charge in [-0.3, -0.25) is 14.5 Å². The Kier molecular flexibility index (Phi) is 4.75. The molecule has 0 aliphatic carbocycles. The molecule has 0 N–H and O–H groups in total. The molecular weight excluding hydrogens is 432 g/mol. The molecule has 1 aliphatic rings. The Labute approximate surface area is 185 Å². The Hall–Kier alpha value is -3.98. The van der Waals surface area contributed by atoms with Gasteiger partial charge in [-0.25, -0.2) is 9.78 Å². The zero-order valence-electron chi connectivity index (χ0n) is 17.0. The highest BCUT2D eigenvalue weighted by molar-refractivity contribution is 7.13. The van der Waals surface area contributed by atoms with Crippen LogP contribution in [0.1, 0.15) is 38.1 Å². The minimum absolute atomic E-state index is 0.0343. The summed E-state index contributed by atoms with van der Waals surface area (Å²) in [6, 6.07) is 10.7. The number of rotatable bonds is 4. The second-order valence-corrected chi connectivity index (χ2v) is 7.92. The molecule has 4 aromatic rings. The van der Waals surface area contributed by atoms with E-state index in [1.54, 1.807) is 54.0 Å². The molecule has 1 amide bonds. The van der Waals surface area contributed by atoms with E-state index in [9.17, 15) is 14.4 Å². The molecule has 0 bridgehead atoms. The summed E-state index contributed by atoms with van der Waals surface area (Å²) in [5.41, 5.74) is 1.19. The van der Waals surface area contributed by atoms with Crippen LogP contribution in [-0.2, 0) is 4.74 Å².